The first kappa shape index (κ1) is 24.6. The van der Waals surface area contributed by atoms with Crippen molar-refractivity contribution in [2.24, 2.45) is 5.92 Å². The van der Waals surface area contributed by atoms with Crippen LogP contribution in [0.2, 0.25) is 0 Å². The van der Waals surface area contributed by atoms with Gasteiger partial charge >= 0.3 is 0 Å². The minimum Gasteiger partial charge on any atom is -0.207 e. The molecule has 172 valence electrons. The molecule has 1 heteroatoms. The first-order valence-electron chi connectivity index (χ1n) is 13.1. The van der Waals surface area contributed by atoms with Gasteiger partial charge < -0.3 is 0 Å². The van der Waals surface area contributed by atoms with E-state index < -0.39 is 0 Å². The van der Waals surface area contributed by atoms with Crippen molar-refractivity contribution in [2.45, 2.75) is 103 Å². The number of rotatable bonds is 10. The number of unbranched alkanes of at least 4 members (excludes halogenated alkanes) is 5. The van der Waals surface area contributed by atoms with Crippen molar-refractivity contribution in [3.05, 3.63) is 70.5 Å². The highest BCUT2D eigenvalue weighted by atomic mass is 19.1. The van der Waals surface area contributed by atoms with Gasteiger partial charge in [0.2, 0.25) is 0 Å². The van der Waals surface area contributed by atoms with Crippen LogP contribution in [0.5, 0.6) is 0 Å². The molecule has 1 aliphatic carbocycles. The second kappa shape index (κ2) is 13.5. The van der Waals surface area contributed by atoms with E-state index in [1.165, 1.54) is 56.1 Å². The molecule has 0 unspecified atom stereocenters. The molecule has 1 fully saturated rings. The van der Waals surface area contributed by atoms with Gasteiger partial charge in [0.25, 0.3) is 0 Å². The molecule has 32 heavy (non-hydrogen) atoms. The van der Waals surface area contributed by atoms with Crippen molar-refractivity contribution in [3.8, 4) is 11.8 Å². The fraction of sp³-hybridized carbons (Fsp3) is 0.548. The van der Waals surface area contributed by atoms with Gasteiger partial charge in [-0.25, -0.2) is 4.39 Å². The normalized spacial score (nSPS) is 18.2. The molecule has 2 aromatic carbocycles. The standard InChI is InChI=1S/C31H41F/c1-3-5-7-9-10-25-14-19-28(20-15-25)29-21-16-26(17-22-29)12-13-27-18-23-30(31(32)24-27)11-8-6-4-2/h14-15,18-20,23-24,26,29H,3-11,16-17,21-22H2,1-2H3. The van der Waals surface area contributed by atoms with Gasteiger partial charge in [-0.15, -0.1) is 0 Å². The third-order valence-corrected chi connectivity index (χ3v) is 7.02. The minimum absolute atomic E-state index is 0.0922. The number of hydrogen-bond donors (Lipinski definition) is 0. The summed E-state index contributed by atoms with van der Waals surface area (Å²) in [5, 5.41) is 0. The van der Waals surface area contributed by atoms with E-state index in [2.05, 4.69) is 50.0 Å². The van der Waals surface area contributed by atoms with Crippen molar-refractivity contribution in [2.75, 3.05) is 0 Å². The fourth-order valence-corrected chi connectivity index (χ4v) is 4.86. The van der Waals surface area contributed by atoms with Crippen LogP contribution in [0.1, 0.15) is 113 Å². The quantitative estimate of drug-likeness (QED) is 0.259. The van der Waals surface area contributed by atoms with Crippen LogP contribution in [0.25, 0.3) is 0 Å². The van der Waals surface area contributed by atoms with Gasteiger partial charge in [0.1, 0.15) is 5.82 Å². The summed E-state index contributed by atoms with van der Waals surface area (Å²) in [5.74, 6) is 7.70. The van der Waals surface area contributed by atoms with E-state index in [0.717, 1.165) is 49.7 Å². The molecule has 0 nitrogen and oxygen atoms in total. The van der Waals surface area contributed by atoms with Crippen molar-refractivity contribution in [1.29, 1.82) is 0 Å². The predicted octanol–water partition coefficient (Wildman–Crippen LogP) is 9.01. The Kier molecular flexibility index (Phi) is 10.3. The minimum atomic E-state index is -0.0922. The second-order valence-electron chi connectivity index (χ2n) is 9.63. The fourth-order valence-electron chi connectivity index (χ4n) is 4.86. The zero-order valence-electron chi connectivity index (χ0n) is 20.3. The average Bonchev–Trinajstić information content (AvgIpc) is 2.83. The van der Waals surface area contributed by atoms with Crippen LogP contribution >= 0.6 is 0 Å². The Morgan fingerprint density at radius 2 is 1.47 bits per heavy atom. The number of hydrogen-bond acceptors (Lipinski definition) is 0. The van der Waals surface area contributed by atoms with Crippen molar-refractivity contribution in [1.82, 2.24) is 0 Å². The lowest BCUT2D eigenvalue weighted by Crippen LogP contribution is -2.12. The Morgan fingerprint density at radius 3 is 2.16 bits per heavy atom. The van der Waals surface area contributed by atoms with E-state index in [1.807, 2.05) is 12.1 Å². The zero-order valence-corrected chi connectivity index (χ0v) is 20.3. The molecule has 0 saturated heterocycles. The lowest BCUT2D eigenvalue weighted by Gasteiger charge is -2.26. The van der Waals surface area contributed by atoms with Crippen LogP contribution in [0.3, 0.4) is 0 Å². The molecule has 1 saturated carbocycles. The van der Waals surface area contributed by atoms with E-state index in [4.69, 9.17) is 0 Å². The molecular formula is C31H41F. The average molecular weight is 433 g/mol. The first-order valence-corrected chi connectivity index (χ1v) is 13.1. The molecule has 3 rings (SSSR count). The Labute approximate surface area is 196 Å². The smallest absolute Gasteiger partial charge is 0.127 e. The highest BCUT2D eigenvalue weighted by molar-refractivity contribution is 5.37. The maximum absolute atomic E-state index is 14.3. The van der Waals surface area contributed by atoms with E-state index in [9.17, 15) is 4.39 Å². The van der Waals surface area contributed by atoms with E-state index in [-0.39, 0.29) is 5.82 Å². The third kappa shape index (κ3) is 7.81. The topological polar surface area (TPSA) is 0 Å². The van der Waals surface area contributed by atoms with Gasteiger partial charge in [0.05, 0.1) is 0 Å². The summed E-state index contributed by atoms with van der Waals surface area (Å²) < 4.78 is 14.3. The van der Waals surface area contributed by atoms with Crippen LogP contribution in [-0.4, -0.2) is 0 Å². The van der Waals surface area contributed by atoms with Crippen molar-refractivity contribution >= 4 is 0 Å². The summed E-state index contributed by atoms with van der Waals surface area (Å²) >= 11 is 0. The molecule has 1 aliphatic rings. The Hall–Kier alpha value is -2.07. The molecule has 0 aromatic heterocycles. The highest BCUT2D eigenvalue weighted by Gasteiger charge is 2.21. The van der Waals surface area contributed by atoms with Gasteiger partial charge in [-0.05, 0) is 86.1 Å². The molecule has 0 heterocycles. The maximum Gasteiger partial charge on any atom is 0.127 e. The summed E-state index contributed by atoms with van der Waals surface area (Å²) in [5.41, 5.74) is 4.62. The SMILES string of the molecule is CCCCCCc1ccc(C2CCC(C#Cc3ccc(CCCCC)c(F)c3)CC2)cc1. The summed E-state index contributed by atoms with van der Waals surface area (Å²) in [6.45, 7) is 4.44. The molecular weight excluding hydrogens is 391 g/mol. The molecule has 0 aliphatic heterocycles. The molecule has 0 radical (unpaired) electrons. The van der Waals surface area contributed by atoms with Crippen molar-refractivity contribution < 1.29 is 4.39 Å². The molecule has 0 amide bonds. The lowest BCUT2D eigenvalue weighted by molar-refractivity contribution is 0.384. The monoisotopic (exact) mass is 432 g/mol. The van der Waals surface area contributed by atoms with Crippen LogP contribution < -0.4 is 0 Å². The maximum atomic E-state index is 14.3. The zero-order chi connectivity index (χ0) is 22.6. The summed E-state index contributed by atoms with van der Waals surface area (Å²) in [4.78, 5) is 0. The number of aryl methyl sites for hydroxylation is 2. The van der Waals surface area contributed by atoms with Crippen LogP contribution in [0.4, 0.5) is 4.39 Å². The number of halogens is 1. The Morgan fingerprint density at radius 1 is 0.781 bits per heavy atom. The summed E-state index contributed by atoms with van der Waals surface area (Å²) in [6.07, 6.45) is 15.4. The van der Waals surface area contributed by atoms with Crippen LogP contribution in [0.15, 0.2) is 42.5 Å². The van der Waals surface area contributed by atoms with Gasteiger partial charge in [-0.3, -0.25) is 0 Å². The second-order valence-corrected chi connectivity index (χ2v) is 9.63. The predicted molar refractivity (Wildman–Crippen MR) is 135 cm³/mol. The molecule has 0 spiro atoms. The van der Waals surface area contributed by atoms with E-state index >= 15 is 0 Å². The van der Waals surface area contributed by atoms with Crippen LogP contribution in [0, 0.1) is 23.6 Å². The Bertz CT molecular complexity index is 860. The largest absolute Gasteiger partial charge is 0.207 e. The summed E-state index contributed by atoms with van der Waals surface area (Å²) in [7, 11) is 0. The lowest BCUT2D eigenvalue weighted by atomic mass is 9.78. The van der Waals surface area contributed by atoms with Gasteiger partial charge in [0, 0.05) is 11.5 Å². The van der Waals surface area contributed by atoms with Crippen LogP contribution in [-0.2, 0) is 12.8 Å². The number of benzene rings is 2. The van der Waals surface area contributed by atoms with Gasteiger partial charge in [0.15, 0.2) is 0 Å². The molecule has 2 aromatic rings. The molecule has 0 N–H and O–H groups in total. The third-order valence-electron chi connectivity index (χ3n) is 7.02. The molecule has 0 atom stereocenters. The van der Waals surface area contributed by atoms with E-state index in [0.29, 0.717) is 11.8 Å². The van der Waals surface area contributed by atoms with Gasteiger partial charge in [-0.1, -0.05) is 88.1 Å². The first-order chi connectivity index (χ1) is 15.7. The highest BCUT2D eigenvalue weighted by Crippen LogP contribution is 2.35. The Balaban J connectivity index is 1.46. The molecule has 0 bridgehead atoms. The van der Waals surface area contributed by atoms with Crippen molar-refractivity contribution in [3.63, 3.8) is 0 Å². The summed E-state index contributed by atoms with van der Waals surface area (Å²) in [6, 6.07) is 14.9. The van der Waals surface area contributed by atoms with E-state index in [1.54, 1.807) is 6.07 Å². The van der Waals surface area contributed by atoms with Gasteiger partial charge in [-0.2, -0.15) is 0 Å².